The van der Waals surface area contributed by atoms with Gasteiger partial charge in [0.25, 0.3) is 11.8 Å². The summed E-state index contributed by atoms with van der Waals surface area (Å²) in [5, 5.41) is 27.1. The molecule has 2 aliphatic rings. The van der Waals surface area contributed by atoms with Crippen LogP contribution in [0.15, 0.2) is 16.4 Å². The molecular weight excluding hydrogens is 575 g/mol. The number of amides is 2. The Bertz CT molecular complexity index is 1180. The number of hydrogen-bond donors (Lipinski definition) is 3. The van der Waals surface area contributed by atoms with E-state index in [4.69, 9.17) is 5.14 Å². The van der Waals surface area contributed by atoms with Gasteiger partial charge in [-0.3, -0.25) is 14.5 Å². The lowest BCUT2D eigenvalue weighted by Gasteiger charge is -2.49. The fourth-order valence-electron chi connectivity index (χ4n) is 3.19. The van der Waals surface area contributed by atoms with Crippen molar-refractivity contribution >= 4 is 62.5 Å². The quantitative estimate of drug-likeness (QED) is 0.146. The molecule has 4 N–H and O–H groups in total. The molecule has 1 aromatic heterocycles. The second kappa shape index (κ2) is 11.1. The maximum atomic E-state index is 12.6. The van der Waals surface area contributed by atoms with Crippen molar-refractivity contribution in [3.63, 3.8) is 0 Å². The SMILES string of the molecule is NS(=O)(=O)CCn1nnnc1SCC1=C(C(=O)O)N2C(=O)C(NC(=O)C[S+]([O-])CC(F)(F)F)[C@H]2SC1. The molecule has 21 heteroatoms. The van der Waals surface area contributed by atoms with Crippen molar-refractivity contribution in [2.24, 2.45) is 5.14 Å². The Morgan fingerprint density at radius 1 is 1.39 bits per heavy atom. The summed E-state index contributed by atoms with van der Waals surface area (Å²) in [4.78, 5) is 37.5. The van der Waals surface area contributed by atoms with E-state index in [1.165, 1.54) is 4.68 Å². The molecule has 36 heavy (non-hydrogen) atoms. The molecule has 3 atom stereocenters. The lowest BCUT2D eigenvalue weighted by molar-refractivity contribution is -0.150. The number of tetrazole rings is 1. The lowest BCUT2D eigenvalue weighted by atomic mass is 10.0. The number of nitrogens with one attached hydrogen (secondary N) is 1. The van der Waals surface area contributed by atoms with Gasteiger partial charge in [0.15, 0.2) is 5.75 Å². The van der Waals surface area contributed by atoms with Gasteiger partial charge in [-0.15, -0.1) is 16.9 Å². The molecule has 0 aliphatic carbocycles. The van der Waals surface area contributed by atoms with Gasteiger partial charge in [0.1, 0.15) is 17.1 Å². The van der Waals surface area contributed by atoms with Crippen LogP contribution in [0, 0.1) is 0 Å². The number of thioether (sulfide) groups is 2. The molecule has 0 spiro atoms. The number of carboxylic acid groups (broad SMARTS) is 1. The highest BCUT2D eigenvalue weighted by molar-refractivity contribution is 8.01. The maximum absolute atomic E-state index is 12.6. The summed E-state index contributed by atoms with van der Waals surface area (Å²) >= 11 is -0.382. The van der Waals surface area contributed by atoms with Crippen LogP contribution >= 0.6 is 23.5 Å². The molecule has 1 aromatic rings. The smallest absolute Gasteiger partial charge is 0.433 e. The molecule has 2 amide bonds. The number of alkyl halides is 3. The molecule has 14 nitrogen and oxygen atoms in total. The van der Waals surface area contributed by atoms with Gasteiger partial charge in [-0.1, -0.05) is 11.8 Å². The largest absolute Gasteiger partial charge is 0.616 e. The van der Waals surface area contributed by atoms with Crippen LogP contribution in [0.5, 0.6) is 0 Å². The lowest BCUT2D eigenvalue weighted by Crippen LogP contribution is -2.71. The Balaban J connectivity index is 1.64. The van der Waals surface area contributed by atoms with Gasteiger partial charge >= 0.3 is 12.1 Å². The van der Waals surface area contributed by atoms with Crippen LogP contribution in [0.4, 0.5) is 13.2 Å². The minimum atomic E-state index is -4.71. The number of carbonyl (C=O) groups excluding carboxylic acids is 2. The summed E-state index contributed by atoms with van der Waals surface area (Å²) in [6.07, 6.45) is -4.71. The number of fused-ring (bicyclic) bond motifs is 1. The predicted octanol–water partition coefficient (Wildman–Crippen LogP) is -1.90. The fourth-order valence-corrected chi connectivity index (χ4v) is 6.85. The summed E-state index contributed by atoms with van der Waals surface area (Å²) in [6.45, 7) is -0.129. The van der Waals surface area contributed by atoms with Crippen LogP contribution in [-0.4, -0.2) is 107 Å². The van der Waals surface area contributed by atoms with Gasteiger partial charge in [-0.25, -0.2) is 23.0 Å². The highest BCUT2D eigenvalue weighted by Crippen LogP contribution is 2.41. The third kappa shape index (κ3) is 7.25. The third-order valence-corrected chi connectivity index (χ3v) is 9.01. The number of sulfonamides is 1. The Kier molecular flexibility index (Phi) is 8.81. The monoisotopic (exact) mass is 593 g/mol. The minimum absolute atomic E-state index is 0.0360. The second-order valence-electron chi connectivity index (χ2n) is 7.40. The predicted molar refractivity (Wildman–Crippen MR) is 120 cm³/mol. The first-order valence-corrected chi connectivity index (χ1v) is 14.9. The van der Waals surface area contributed by atoms with E-state index >= 15 is 0 Å². The Morgan fingerprint density at radius 2 is 2.08 bits per heavy atom. The first kappa shape index (κ1) is 28.5. The highest BCUT2D eigenvalue weighted by atomic mass is 32.2. The number of aliphatic carboxylic acids is 1. The molecule has 0 aromatic carbocycles. The van der Waals surface area contributed by atoms with Crippen molar-refractivity contribution in [1.29, 1.82) is 0 Å². The summed E-state index contributed by atoms with van der Waals surface area (Å²) in [5.41, 5.74) is 0.0186. The number of carbonyl (C=O) groups is 3. The first-order valence-electron chi connectivity index (χ1n) is 9.67. The molecule has 0 saturated carbocycles. The molecule has 2 aliphatic heterocycles. The summed E-state index contributed by atoms with van der Waals surface area (Å²) in [5.74, 6) is -6.08. The van der Waals surface area contributed by atoms with Gasteiger partial charge in [0.2, 0.25) is 20.9 Å². The Labute approximate surface area is 212 Å². The third-order valence-electron chi connectivity index (χ3n) is 4.65. The van der Waals surface area contributed by atoms with Crippen LogP contribution in [0.2, 0.25) is 0 Å². The molecule has 3 heterocycles. The van der Waals surface area contributed by atoms with Crippen molar-refractivity contribution in [2.45, 2.75) is 29.3 Å². The van der Waals surface area contributed by atoms with Crippen LogP contribution in [0.3, 0.4) is 0 Å². The first-order chi connectivity index (χ1) is 16.7. The van der Waals surface area contributed by atoms with Crippen LogP contribution in [0.1, 0.15) is 0 Å². The molecule has 0 bridgehead atoms. The average Bonchev–Trinajstić information content (AvgIpc) is 3.19. The Morgan fingerprint density at radius 3 is 2.69 bits per heavy atom. The minimum Gasteiger partial charge on any atom is -0.616 e. The van der Waals surface area contributed by atoms with Crippen LogP contribution < -0.4 is 10.5 Å². The number of nitrogens with two attached hydrogens (primary N) is 1. The van der Waals surface area contributed by atoms with E-state index in [1.807, 2.05) is 0 Å². The van der Waals surface area contributed by atoms with E-state index in [0.29, 0.717) is 5.57 Å². The van der Waals surface area contributed by atoms with E-state index in [0.717, 1.165) is 28.4 Å². The van der Waals surface area contributed by atoms with Crippen molar-refractivity contribution < 1.29 is 45.6 Å². The zero-order valence-corrected chi connectivity index (χ0v) is 21.1. The van der Waals surface area contributed by atoms with Crippen molar-refractivity contribution in [3.05, 3.63) is 11.3 Å². The number of rotatable bonds is 11. The topological polar surface area (TPSA) is 214 Å². The van der Waals surface area contributed by atoms with Crippen molar-refractivity contribution in [2.75, 3.05) is 28.8 Å². The van der Waals surface area contributed by atoms with Gasteiger partial charge in [-0.2, -0.15) is 13.2 Å². The van der Waals surface area contributed by atoms with E-state index < -0.39 is 73.8 Å². The summed E-state index contributed by atoms with van der Waals surface area (Å²) in [7, 11) is -3.77. The standard InChI is InChI=1S/C15H18F3N7O7S4/c16-15(17,18)6-35(30)5-8(26)20-9-11(27)25-10(13(28)29)7(3-33-12(9)25)4-34-14-21-22-23-24(14)1-2-36(19,31)32/h9,12H,1-6H2,(H,20,26)(H,28,29)(H2,19,31,32)/t9?,12-,35?/m1/s1. The average molecular weight is 594 g/mol. The molecule has 0 radical (unpaired) electrons. The highest BCUT2D eigenvalue weighted by Gasteiger charge is 2.54. The molecule has 1 saturated heterocycles. The molecule has 200 valence electrons. The van der Waals surface area contributed by atoms with Crippen molar-refractivity contribution in [3.8, 4) is 0 Å². The van der Waals surface area contributed by atoms with Gasteiger partial charge in [0, 0.05) is 11.5 Å². The van der Waals surface area contributed by atoms with Gasteiger partial charge in [-0.05, 0) is 27.2 Å². The number of hydrogen-bond acceptors (Lipinski definition) is 11. The zero-order chi connectivity index (χ0) is 26.8. The number of β-lactam (4-membered cyclic amide) rings is 1. The van der Waals surface area contributed by atoms with Gasteiger partial charge in [0.05, 0.1) is 12.3 Å². The number of halogens is 3. The fraction of sp³-hybridized carbons (Fsp3) is 0.600. The van der Waals surface area contributed by atoms with Crippen LogP contribution in [-0.2, 0) is 42.1 Å². The molecule has 1 fully saturated rings. The van der Waals surface area contributed by atoms with E-state index in [2.05, 4.69) is 20.8 Å². The maximum Gasteiger partial charge on any atom is 0.433 e. The second-order valence-corrected chi connectivity index (χ2v) is 12.6. The van der Waals surface area contributed by atoms with Gasteiger partial charge < -0.3 is 15.0 Å². The van der Waals surface area contributed by atoms with Crippen LogP contribution in [0.25, 0.3) is 0 Å². The van der Waals surface area contributed by atoms with E-state index in [1.54, 1.807) is 0 Å². The number of nitrogens with zero attached hydrogens (tertiary/aromatic N) is 5. The zero-order valence-electron chi connectivity index (χ0n) is 17.9. The number of aromatic nitrogens is 4. The van der Waals surface area contributed by atoms with Crippen molar-refractivity contribution in [1.82, 2.24) is 30.4 Å². The molecular formula is C15H18F3N7O7S4. The number of aryl methyl sites for hydroxylation is 1. The number of primary sulfonamides is 1. The van der Waals surface area contributed by atoms with E-state index in [9.17, 15) is 45.6 Å². The molecule has 3 rings (SSSR count). The normalized spacial score (nSPS) is 21.1. The molecule has 2 unspecified atom stereocenters. The Hall–Kier alpha value is -2.07. The summed E-state index contributed by atoms with van der Waals surface area (Å²) in [6, 6.07) is -1.18. The number of carboxylic acids is 1. The summed E-state index contributed by atoms with van der Waals surface area (Å²) < 4.78 is 71.9. The van der Waals surface area contributed by atoms with E-state index in [-0.39, 0.29) is 28.9 Å².